The molecule has 8 nitrogen and oxygen atoms in total. The number of nitrogens with zero attached hydrogens (tertiary/aromatic N) is 3. The lowest BCUT2D eigenvalue weighted by Crippen LogP contribution is -2.46. The summed E-state index contributed by atoms with van der Waals surface area (Å²) in [5.74, 6) is -0.725. The van der Waals surface area contributed by atoms with Gasteiger partial charge in [-0.05, 0) is 63.1 Å². The van der Waals surface area contributed by atoms with Crippen molar-refractivity contribution >= 4 is 29.1 Å². The molecule has 4 aromatic rings. The number of rotatable bonds is 8. The van der Waals surface area contributed by atoms with Crippen molar-refractivity contribution in [2.45, 2.75) is 46.2 Å². The topological polar surface area (TPSA) is 105 Å². The van der Waals surface area contributed by atoms with E-state index in [4.69, 9.17) is 11.6 Å². The van der Waals surface area contributed by atoms with Gasteiger partial charge in [0.05, 0.1) is 5.69 Å². The highest BCUT2D eigenvalue weighted by Crippen LogP contribution is 2.26. The third kappa shape index (κ3) is 5.49. The quantitative estimate of drug-likeness (QED) is 0.310. The summed E-state index contributed by atoms with van der Waals surface area (Å²) in [5.41, 5.74) is 5.70. The molecule has 0 aliphatic carbocycles. The molecule has 0 spiro atoms. The average Bonchev–Trinajstić information content (AvgIpc) is 3.47. The zero-order valence-corrected chi connectivity index (χ0v) is 21.4. The number of aromatic amines is 1. The van der Waals surface area contributed by atoms with E-state index in [2.05, 4.69) is 25.9 Å². The molecule has 4 rings (SSSR count). The summed E-state index contributed by atoms with van der Waals surface area (Å²) >= 11 is 6.36. The summed E-state index contributed by atoms with van der Waals surface area (Å²) < 4.78 is 1.62. The third-order valence-corrected chi connectivity index (χ3v) is 6.33. The molecule has 1 atom stereocenters. The van der Waals surface area contributed by atoms with Gasteiger partial charge < -0.3 is 10.6 Å². The minimum Gasteiger partial charge on any atom is -0.339 e. The van der Waals surface area contributed by atoms with Gasteiger partial charge in [-0.1, -0.05) is 41.9 Å². The molecule has 0 saturated heterocycles. The molecule has 9 heteroatoms. The minimum absolute atomic E-state index is 0.00221. The van der Waals surface area contributed by atoms with E-state index in [1.807, 2.05) is 70.2 Å². The van der Waals surface area contributed by atoms with Crippen molar-refractivity contribution in [2.75, 3.05) is 5.32 Å². The first-order valence-electron chi connectivity index (χ1n) is 11.7. The van der Waals surface area contributed by atoms with Gasteiger partial charge in [0.25, 0.3) is 5.91 Å². The molecule has 0 bridgehead atoms. The van der Waals surface area contributed by atoms with E-state index in [0.717, 1.165) is 28.1 Å². The molecule has 2 heterocycles. The van der Waals surface area contributed by atoms with Gasteiger partial charge in [-0.25, -0.2) is 0 Å². The fourth-order valence-corrected chi connectivity index (χ4v) is 4.37. The van der Waals surface area contributed by atoms with Crippen LogP contribution in [0.3, 0.4) is 0 Å². The molecular formula is C27H29ClN6O2. The Labute approximate surface area is 215 Å². The van der Waals surface area contributed by atoms with Crippen LogP contribution in [-0.2, 0) is 11.2 Å². The highest BCUT2D eigenvalue weighted by Gasteiger charge is 2.25. The van der Waals surface area contributed by atoms with Gasteiger partial charge in [-0.15, -0.1) is 0 Å². The summed E-state index contributed by atoms with van der Waals surface area (Å²) in [7, 11) is 0. The number of benzene rings is 2. The lowest BCUT2D eigenvalue weighted by molar-refractivity contribution is -0.118. The second-order valence-electron chi connectivity index (χ2n) is 8.95. The maximum atomic E-state index is 13.4. The van der Waals surface area contributed by atoms with E-state index in [0.29, 0.717) is 16.4 Å². The van der Waals surface area contributed by atoms with Crippen LogP contribution >= 0.6 is 11.6 Å². The summed E-state index contributed by atoms with van der Waals surface area (Å²) in [5, 5.41) is 17.8. The Bertz CT molecular complexity index is 1350. The number of H-pyrrole nitrogens is 1. The molecule has 36 heavy (non-hydrogen) atoms. The number of hydrogen-bond donors (Lipinski definition) is 3. The van der Waals surface area contributed by atoms with Crippen molar-refractivity contribution in [3.8, 4) is 11.1 Å². The van der Waals surface area contributed by atoms with Crippen molar-refractivity contribution in [3.63, 3.8) is 0 Å². The standard InChI is InChI=1S/C27H29ClN6O2/c1-16(2)34-24(13-14-29-34)27(36)31-23(15-20-7-5-6-8-22(20)28)26(35)30-21-11-9-19(10-12-21)25-17(3)32-33-18(25)4/h5-14,16,23H,15H2,1-4H3,(H,30,35)(H,31,36)(H,32,33). The largest absolute Gasteiger partial charge is 0.339 e. The summed E-state index contributed by atoms with van der Waals surface area (Å²) in [4.78, 5) is 26.5. The van der Waals surface area contributed by atoms with Crippen LogP contribution in [-0.4, -0.2) is 37.8 Å². The van der Waals surface area contributed by atoms with Crippen molar-refractivity contribution in [1.82, 2.24) is 25.3 Å². The van der Waals surface area contributed by atoms with E-state index in [-0.39, 0.29) is 24.3 Å². The number of anilines is 1. The second kappa shape index (κ2) is 10.8. The van der Waals surface area contributed by atoms with E-state index in [1.165, 1.54) is 0 Å². The number of aromatic nitrogens is 4. The Morgan fingerprint density at radius 3 is 2.42 bits per heavy atom. The van der Waals surface area contributed by atoms with Crippen LogP contribution < -0.4 is 10.6 Å². The summed E-state index contributed by atoms with van der Waals surface area (Å²) in [6.07, 6.45) is 1.81. The first-order chi connectivity index (χ1) is 17.2. The minimum atomic E-state index is -0.856. The molecule has 1 unspecified atom stereocenters. The molecular weight excluding hydrogens is 476 g/mol. The Balaban J connectivity index is 1.55. The highest BCUT2D eigenvalue weighted by atomic mass is 35.5. The Hall–Kier alpha value is -3.91. The van der Waals surface area contributed by atoms with Gasteiger partial charge >= 0.3 is 0 Å². The number of carbonyl (C=O) groups excluding carboxylic acids is 2. The van der Waals surface area contributed by atoms with Crippen molar-refractivity contribution < 1.29 is 9.59 Å². The molecule has 0 aliphatic rings. The molecule has 2 amide bonds. The maximum absolute atomic E-state index is 13.4. The fourth-order valence-electron chi connectivity index (χ4n) is 4.16. The van der Waals surface area contributed by atoms with Crippen molar-refractivity contribution in [3.05, 3.63) is 88.5 Å². The predicted molar refractivity (Wildman–Crippen MR) is 141 cm³/mol. The maximum Gasteiger partial charge on any atom is 0.270 e. The molecule has 2 aromatic carbocycles. The Kier molecular flexibility index (Phi) is 7.55. The van der Waals surface area contributed by atoms with Gasteiger partial charge in [0.1, 0.15) is 11.7 Å². The number of halogens is 1. The smallest absolute Gasteiger partial charge is 0.270 e. The Morgan fingerprint density at radius 1 is 1.06 bits per heavy atom. The van der Waals surface area contributed by atoms with Crippen LogP contribution in [0, 0.1) is 13.8 Å². The lowest BCUT2D eigenvalue weighted by atomic mass is 10.0. The fraction of sp³-hybridized carbons (Fsp3) is 0.259. The van der Waals surface area contributed by atoms with Gasteiger partial charge in [0.2, 0.25) is 5.91 Å². The van der Waals surface area contributed by atoms with Gasteiger partial charge in [-0.3, -0.25) is 19.4 Å². The predicted octanol–water partition coefficient (Wildman–Crippen LogP) is 5.10. The summed E-state index contributed by atoms with van der Waals surface area (Å²) in [6.45, 7) is 7.79. The first-order valence-corrected chi connectivity index (χ1v) is 12.1. The average molecular weight is 505 g/mol. The van der Waals surface area contributed by atoms with Crippen LogP contribution in [0.15, 0.2) is 60.8 Å². The van der Waals surface area contributed by atoms with Gasteiger partial charge in [-0.2, -0.15) is 10.2 Å². The molecule has 0 saturated carbocycles. The monoisotopic (exact) mass is 504 g/mol. The zero-order valence-electron chi connectivity index (χ0n) is 20.7. The Morgan fingerprint density at radius 2 is 1.78 bits per heavy atom. The van der Waals surface area contributed by atoms with Crippen LogP contribution in [0.5, 0.6) is 0 Å². The molecule has 0 fully saturated rings. The molecule has 2 aromatic heterocycles. The number of nitrogens with one attached hydrogen (secondary N) is 3. The molecule has 0 aliphatic heterocycles. The number of carbonyl (C=O) groups is 2. The van der Waals surface area contributed by atoms with Crippen LogP contribution in [0.25, 0.3) is 11.1 Å². The van der Waals surface area contributed by atoms with Gasteiger partial charge in [0.15, 0.2) is 0 Å². The number of aryl methyl sites for hydroxylation is 2. The summed E-state index contributed by atoms with van der Waals surface area (Å²) in [6, 6.07) is 15.6. The normalized spacial score (nSPS) is 11.9. The van der Waals surface area contributed by atoms with Gasteiger partial charge in [0, 0.05) is 40.6 Å². The molecule has 3 N–H and O–H groups in total. The van der Waals surface area contributed by atoms with Crippen LogP contribution in [0.2, 0.25) is 5.02 Å². The van der Waals surface area contributed by atoms with E-state index in [1.54, 1.807) is 23.0 Å². The SMILES string of the molecule is Cc1n[nH]c(C)c1-c1ccc(NC(=O)C(Cc2ccccc2Cl)NC(=O)c2ccnn2C(C)C)cc1. The van der Waals surface area contributed by atoms with E-state index >= 15 is 0 Å². The molecule has 186 valence electrons. The highest BCUT2D eigenvalue weighted by molar-refractivity contribution is 6.31. The second-order valence-corrected chi connectivity index (χ2v) is 9.36. The van der Waals surface area contributed by atoms with E-state index < -0.39 is 6.04 Å². The number of hydrogen-bond acceptors (Lipinski definition) is 4. The van der Waals surface area contributed by atoms with Crippen molar-refractivity contribution in [1.29, 1.82) is 0 Å². The first kappa shape index (κ1) is 25.2. The third-order valence-electron chi connectivity index (χ3n) is 5.96. The zero-order chi connectivity index (χ0) is 25.8. The van der Waals surface area contributed by atoms with E-state index in [9.17, 15) is 9.59 Å². The molecule has 0 radical (unpaired) electrons. The van der Waals surface area contributed by atoms with Crippen LogP contribution in [0.4, 0.5) is 5.69 Å². The lowest BCUT2D eigenvalue weighted by Gasteiger charge is -2.20. The van der Waals surface area contributed by atoms with Crippen LogP contribution in [0.1, 0.15) is 47.3 Å². The number of amides is 2. The van der Waals surface area contributed by atoms with Crippen molar-refractivity contribution in [2.24, 2.45) is 0 Å².